The van der Waals surface area contributed by atoms with Crippen LogP contribution in [0.15, 0.2) is 102 Å². The summed E-state index contributed by atoms with van der Waals surface area (Å²) in [6.45, 7) is 17.3. The summed E-state index contributed by atoms with van der Waals surface area (Å²) in [6.07, 6.45) is 1.80. The molecule has 0 aliphatic heterocycles. The van der Waals surface area contributed by atoms with E-state index in [0.717, 1.165) is 48.7 Å². The molecule has 6 aromatic rings. The van der Waals surface area contributed by atoms with Gasteiger partial charge in [-0.3, -0.25) is 4.99 Å². The van der Waals surface area contributed by atoms with Crippen molar-refractivity contribution in [2.45, 2.75) is 66.2 Å². The largest absolute Gasteiger partial charge is 0.507 e. The molecule has 4 heteroatoms. The van der Waals surface area contributed by atoms with Gasteiger partial charge >= 0.3 is 0 Å². The number of aromatic hydroxyl groups is 1. The number of hydrogen-bond donors (Lipinski definition) is 1. The van der Waals surface area contributed by atoms with Gasteiger partial charge in [0.1, 0.15) is 10.8 Å². The van der Waals surface area contributed by atoms with Gasteiger partial charge in [0.15, 0.2) is 0 Å². The van der Waals surface area contributed by atoms with E-state index < -0.39 is 0 Å². The number of fused-ring (bicyclic) bond motifs is 1. The lowest BCUT2D eigenvalue weighted by molar-refractivity contribution is 0.444. The molecular weight excluding hydrogens is 581 g/mol. The average molecular weight is 623 g/mol. The highest BCUT2D eigenvalue weighted by Gasteiger charge is 2.24. The molecule has 1 N–H and O–H groups in total. The Morgan fingerprint density at radius 3 is 2.07 bits per heavy atom. The van der Waals surface area contributed by atoms with Gasteiger partial charge in [-0.15, -0.1) is 11.3 Å². The molecule has 232 valence electrons. The van der Waals surface area contributed by atoms with Crippen LogP contribution in [0, 0.1) is 13.8 Å². The molecule has 5 aromatic carbocycles. The molecule has 0 spiro atoms. The van der Waals surface area contributed by atoms with Crippen molar-refractivity contribution in [3.8, 4) is 38.6 Å². The maximum Gasteiger partial charge on any atom is 0.128 e. The molecule has 0 aliphatic rings. The van der Waals surface area contributed by atoms with Gasteiger partial charge in [0.05, 0.1) is 15.9 Å². The number of para-hydroxylation sites is 2. The molecule has 46 heavy (non-hydrogen) atoms. The Hall–Kier alpha value is -4.54. The predicted octanol–water partition coefficient (Wildman–Crippen LogP) is 12.0. The van der Waals surface area contributed by atoms with E-state index in [1.165, 1.54) is 27.8 Å². The first-order valence-electron chi connectivity index (χ1n) is 15.9. The molecule has 0 unspecified atom stereocenters. The molecule has 0 saturated heterocycles. The van der Waals surface area contributed by atoms with Crippen LogP contribution in [-0.2, 0) is 10.8 Å². The number of aliphatic imine (C=N–C) groups is 1. The number of aryl methyl sites for hydroxylation is 2. The summed E-state index contributed by atoms with van der Waals surface area (Å²) in [7, 11) is 0. The van der Waals surface area contributed by atoms with E-state index in [1.807, 2.05) is 18.2 Å². The molecule has 1 heterocycles. The zero-order valence-electron chi connectivity index (χ0n) is 28.1. The fourth-order valence-electron chi connectivity index (χ4n) is 5.84. The molecule has 0 saturated carbocycles. The number of aromatic nitrogens is 1. The lowest BCUT2D eigenvalue weighted by Crippen LogP contribution is -2.17. The van der Waals surface area contributed by atoms with E-state index in [-0.39, 0.29) is 16.6 Å². The summed E-state index contributed by atoms with van der Waals surface area (Å²) in [5.74, 6) is 0.287. The normalized spacial score (nSPS) is 12.3. The average Bonchev–Trinajstić information content (AvgIpc) is 3.45. The van der Waals surface area contributed by atoms with Gasteiger partial charge in [0.2, 0.25) is 0 Å². The van der Waals surface area contributed by atoms with Gasteiger partial charge in [-0.1, -0.05) is 120 Å². The molecular formula is C42H42N2OS. The van der Waals surface area contributed by atoms with Gasteiger partial charge in [-0.25, -0.2) is 4.98 Å². The molecule has 0 aliphatic carbocycles. The molecule has 6 rings (SSSR count). The molecule has 0 fully saturated rings. The highest BCUT2D eigenvalue weighted by Crippen LogP contribution is 2.41. The van der Waals surface area contributed by atoms with Crippen molar-refractivity contribution in [1.29, 1.82) is 0 Å². The Bertz CT molecular complexity index is 2090. The van der Waals surface area contributed by atoms with Gasteiger partial charge in [0.25, 0.3) is 0 Å². The zero-order chi connectivity index (χ0) is 32.8. The minimum absolute atomic E-state index is 0.0627. The topological polar surface area (TPSA) is 45.5 Å². The highest BCUT2D eigenvalue weighted by molar-refractivity contribution is 7.21. The third-order valence-corrected chi connectivity index (χ3v) is 9.66. The van der Waals surface area contributed by atoms with Crippen LogP contribution in [0.5, 0.6) is 5.75 Å². The standard InChI is InChI=1S/C42H42N2OS/c1-26-16-17-27(2)34(22-26)29-20-18-28(19-21-29)32-13-11-15-37-38(32)44-40(46-37)33-12-9-10-14-36(33)43-25-30-23-31(41(3,4)5)24-35(39(30)45)42(6,7)8/h9-25,45H,1-8H3. The summed E-state index contributed by atoms with van der Waals surface area (Å²) >= 11 is 1.68. The van der Waals surface area contributed by atoms with Crippen molar-refractivity contribution < 1.29 is 5.11 Å². The van der Waals surface area contributed by atoms with Crippen molar-refractivity contribution in [1.82, 2.24) is 4.98 Å². The zero-order valence-corrected chi connectivity index (χ0v) is 28.9. The van der Waals surface area contributed by atoms with Crippen LogP contribution in [-0.4, -0.2) is 16.3 Å². The molecule has 3 nitrogen and oxygen atoms in total. The highest BCUT2D eigenvalue weighted by atomic mass is 32.1. The SMILES string of the molecule is Cc1ccc(C)c(-c2ccc(-c3cccc4sc(-c5ccccc5N=Cc5cc(C(C)(C)C)cc(C(C)(C)C)c5O)nc34)cc2)c1. The van der Waals surface area contributed by atoms with Crippen molar-refractivity contribution in [3.63, 3.8) is 0 Å². The van der Waals surface area contributed by atoms with Crippen LogP contribution in [0.4, 0.5) is 5.69 Å². The van der Waals surface area contributed by atoms with Gasteiger partial charge in [0, 0.05) is 28.5 Å². The van der Waals surface area contributed by atoms with E-state index >= 15 is 0 Å². The minimum Gasteiger partial charge on any atom is -0.507 e. The second-order valence-electron chi connectivity index (χ2n) is 14.3. The Kier molecular flexibility index (Phi) is 8.20. The van der Waals surface area contributed by atoms with Crippen molar-refractivity contribution in [2.24, 2.45) is 4.99 Å². The fraction of sp³-hybridized carbons (Fsp3) is 0.238. The van der Waals surface area contributed by atoms with E-state index in [2.05, 4.69) is 134 Å². The summed E-state index contributed by atoms with van der Waals surface area (Å²) in [5, 5.41) is 12.2. The summed E-state index contributed by atoms with van der Waals surface area (Å²) in [4.78, 5) is 10.1. The lowest BCUT2D eigenvalue weighted by Gasteiger charge is -2.27. The first kappa shape index (κ1) is 31.4. The summed E-state index contributed by atoms with van der Waals surface area (Å²) in [6, 6.07) is 34.1. The number of thiazole rings is 1. The number of rotatable bonds is 5. The van der Waals surface area contributed by atoms with Crippen molar-refractivity contribution in [3.05, 3.63) is 125 Å². The first-order valence-corrected chi connectivity index (χ1v) is 16.7. The van der Waals surface area contributed by atoms with Crippen LogP contribution in [0.3, 0.4) is 0 Å². The fourth-order valence-corrected chi connectivity index (χ4v) is 6.87. The van der Waals surface area contributed by atoms with E-state index in [9.17, 15) is 5.11 Å². The molecule has 0 bridgehead atoms. The quantitative estimate of drug-likeness (QED) is 0.194. The molecule has 1 aromatic heterocycles. The number of phenols is 1. The number of phenolic OH excluding ortho intramolecular Hbond substituents is 1. The number of benzene rings is 5. The number of nitrogens with zero attached hydrogens (tertiary/aromatic N) is 2. The molecule has 0 radical (unpaired) electrons. The minimum atomic E-state index is -0.204. The maximum absolute atomic E-state index is 11.3. The van der Waals surface area contributed by atoms with Gasteiger partial charge < -0.3 is 5.11 Å². The lowest BCUT2D eigenvalue weighted by atomic mass is 9.79. The Balaban J connectivity index is 1.38. The number of hydrogen-bond acceptors (Lipinski definition) is 4. The Morgan fingerprint density at radius 1 is 0.696 bits per heavy atom. The predicted molar refractivity (Wildman–Crippen MR) is 198 cm³/mol. The van der Waals surface area contributed by atoms with Crippen molar-refractivity contribution in [2.75, 3.05) is 0 Å². The summed E-state index contributed by atoms with van der Waals surface area (Å²) in [5.41, 5.74) is 12.6. The van der Waals surface area contributed by atoms with Crippen molar-refractivity contribution >= 4 is 33.5 Å². The van der Waals surface area contributed by atoms with Crippen LogP contribution in [0.1, 0.15) is 69.4 Å². The van der Waals surface area contributed by atoms with E-state index in [0.29, 0.717) is 0 Å². The van der Waals surface area contributed by atoms with Crippen LogP contribution < -0.4 is 0 Å². The van der Waals surface area contributed by atoms with E-state index in [1.54, 1.807) is 17.6 Å². The third-order valence-electron chi connectivity index (χ3n) is 8.61. The third kappa shape index (κ3) is 6.27. The summed E-state index contributed by atoms with van der Waals surface area (Å²) < 4.78 is 1.13. The molecule has 0 amide bonds. The Labute approximate surface area is 277 Å². The van der Waals surface area contributed by atoms with E-state index in [4.69, 9.17) is 9.98 Å². The monoisotopic (exact) mass is 622 g/mol. The van der Waals surface area contributed by atoms with Crippen LogP contribution in [0.2, 0.25) is 0 Å². The van der Waals surface area contributed by atoms with Gasteiger partial charge in [-0.2, -0.15) is 0 Å². The van der Waals surface area contributed by atoms with Gasteiger partial charge in [-0.05, 0) is 76.8 Å². The second-order valence-corrected chi connectivity index (χ2v) is 15.3. The first-order chi connectivity index (χ1) is 21.8. The molecule has 0 atom stereocenters. The Morgan fingerprint density at radius 2 is 1.37 bits per heavy atom. The second kappa shape index (κ2) is 12.0. The maximum atomic E-state index is 11.3. The van der Waals surface area contributed by atoms with Crippen LogP contribution in [0.25, 0.3) is 43.0 Å². The smallest absolute Gasteiger partial charge is 0.128 e. The van der Waals surface area contributed by atoms with Crippen LogP contribution >= 0.6 is 11.3 Å².